The molecule has 3 heterocycles. The molecule has 0 spiro atoms. The predicted octanol–water partition coefficient (Wildman–Crippen LogP) is 5.81. The van der Waals surface area contributed by atoms with Crippen LogP contribution >= 0.6 is 27.3 Å². The number of aryl methyl sites for hydroxylation is 1. The van der Waals surface area contributed by atoms with Gasteiger partial charge in [0.15, 0.2) is 0 Å². The van der Waals surface area contributed by atoms with Gasteiger partial charge in [-0.3, -0.25) is 4.55 Å². The van der Waals surface area contributed by atoms with Gasteiger partial charge in [-0.2, -0.15) is 8.42 Å². The van der Waals surface area contributed by atoms with Crippen LogP contribution in [0, 0.1) is 0 Å². The number of anilines is 1. The van der Waals surface area contributed by atoms with Crippen molar-refractivity contribution in [3.05, 3.63) is 39.9 Å². The maximum Gasteiger partial charge on any atom is 0.297 e. The monoisotopic (exact) mass is 506 g/mol. The van der Waals surface area contributed by atoms with Gasteiger partial charge in [-0.1, -0.05) is 27.3 Å². The second-order valence-electron chi connectivity index (χ2n) is 7.68. The second-order valence-corrected chi connectivity index (χ2v) is 11.0. The fourth-order valence-electron chi connectivity index (χ4n) is 4.42. The number of aromatic nitrogens is 1. The zero-order valence-electron chi connectivity index (χ0n) is 16.2. The molecule has 0 aliphatic carbocycles. The predicted molar refractivity (Wildman–Crippen MR) is 121 cm³/mol. The second kappa shape index (κ2) is 7.37. The third-order valence-corrected chi connectivity index (χ3v) is 8.09. The van der Waals surface area contributed by atoms with Crippen molar-refractivity contribution >= 4 is 64.1 Å². The summed E-state index contributed by atoms with van der Waals surface area (Å²) in [5, 5.41) is 8.91. The number of fused-ring (bicyclic) bond motifs is 1. The molecule has 0 amide bonds. The van der Waals surface area contributed by atoms with E-state index in [-0.39, 0.29) is 10.6 Å². The highest BCUT2D eigenvalue weighted by molar-refractivity contribution is 9.10. The lowest BCUT2D eigenvalue weighted by Crippen LogP contribution is -2.41. The summed E-state index contributed by atoms with van der Waals surface area (Å²) in [6.07, 6.45) is 3.29. The molecule has 1 N–H and O–H groups in total. The standard InChI is InChI=1S/C20H19BrN4O3S2/c1-11-4-5-12-9-16(19(30(26,27)28)14-3-2-8-25(11)18(12)14)23-24-20-22-15-7-6-13(21)10-17(15)29-20/h6-7,9-11H,2-5,8H2,1H3,(H,26,27,28). The lowest BCUT2D eigenvalue weighted by atomic mass is 9.88. The fraction of sp³-hybridized carbons (Fsp3) is 0.350. The van der Waals surface area contributed by atoms with E-state index in [1.54, 1.807) is 6.07 Å². The SMILES string of the molecule is CC1CCc2cc(N=Nc3nc4ccc(Br)cc4s3)c(S(=O)(=O)O)c3c2N1CCC3. The van der Waals surface area contributed by atoms with Gasteiger partial charge in [-0.25, -0.2) is 4.98 Å². The third kappa shape index (κ3) is 3.45. The zero-order chi connectivity index (χ0) is 21.0. The van der Waals surface area contributed by atoms with Gasteiger partial charge in [0.2, 0.25) is 5.13 Å². The van der Waals surface area contributed by atoms with Crippen LogP contribution < -0.4 is 4.90 Å². The number of hydrogen-bond acceptors (Lipinski definition) is 7. The highest BCUT2D eigenvalue weighted by atomic mass is 79.9. The van der Waals surface area contributed by atoms with Gasteiger partial charge in [0, 0.05) is 22.7 Å². The highest BCUT2D eigenvalue weighted by Gasteiger charge is 2.34. The lowest BCUT2D eigenvalue weighted by Gasteiger charge is -2.42. The number of azo groups is 1. The summed E-state index contributed by atoms with van der Waals surface area (Å²) in [5.41, 5.74) is 3.67. The van der Waals surface area contributed by atoms with E-state index >= 15 is 0 Å². The molecular formula is C20H19BrN4O3S2. The van der Waals surface area contributed by atoms with Crippen molar-refractivity contribution in [2.45, 2.75) is 43.5 Å². The number of hydrogen-bond donors (Lipinski definition) is 1. The van der Waals surface area contributed by atoms with Gasteiger partial charge in [0.1, 0.15) is 10.6 Å². The van der Waals surface area contributed by atoms with Crippen LogP contribution in [0.15, 0.2) is 43.9 Å². The van der Waals surface area contributed by atoms with E-state index < -0.39 is 10.1 Å². The van der Waals surface area contributed by atoms with Crippen molar-refractivity contribution in [2.24, 2.45) is 10.2 Å². The van der Waals surface area contributed by atoms with Crippen LogP contribution in [-0.2, 0) is 23.0 Å². The van der Waals surface area contributed by atoms with Crippen molar-refractivity contribution in [1.29, 1.82) is 0 Å². The summed E-state index contributed by atoms with van der Waals surface area (Å²) in [6.45, 7) is 3.05. The molecule has 7 nitrogen and oxygen atoms in total. The Hall–Kier alpha value is -1.88. The molecule has 0 fully saturated rings. The van der Waals surface area contributed by atoms with E-state index in [2.05, 4.69) is 43.0 Å². The molecule has 0 radical (unpaired) electrons. The summed E-state index contributed by atoms with van der Waals surface area (Å²) in [5.74, 6) is 0. The highest BCUT2D eigenvalue weighted by Crippen LogP contribution is 2.45. The van der Waals surface area contributed by atoms with Crippen molar-refractivity contribution < 1.29 is 13.0 Å². The van der Waals surface area contributed by atoms with Crippen molar-refractivity contribution in [3.63, 3.8) is 0 Å². The first-order valence-electron chi connectivity index (χ1n) is 9.72. The molecule has 30 heavy (non-hydrogen) atoms. The van der Waals surface area contributed by atoms with Crippen LogP contribution in [0.5, 0.6) is 0 Å². The van der Waals surface area contributed by atoms with Gasteiger partial charge in [0.05, 0.1) is 10.2 Å². The average molecular weight is 507 g/mol. The van der Waals surface area contributed by atoms with Crippen molar-refractivity contribution in [1.82, 2.24) is 4.98 Å². The van der Waals surface area contributed by atoms with Gasteiger partial charge in [-0.05, 0) is 68.0 Å². The molecule has 3 aromatic rings. The van der Waals surface area contributed by atoms with Crippen molar-refractivity contribution in [2.75, 3.05) is 11.4 Å². The van der Waals surface area contributed by atoms with Crippen LogP contribution in [0.1, 0.15) is 30.9 Å². The molecule has 0 bridgehead atoms. The average Bonchev–Trinajstić information content (AvgIpc) is 3.10. The van der Waals surface area contributed by atoms with E-state index in [0.29, 0.717) is 23.2 Å². The van der Waals surface area contributed by atoms with E-state index in [4.69, 9.17) is 0 Å². The largest absolute Gasteiger partial charge is 0.368 e. The quantitative estimate of drug-likeness (QED) is 0.357. The molecule has 0 saturated carbocycles. The molecule has 1 unspecified atom stereocenters. The molecule has 0 saturated heterocycles. The number of benzene rings is 2. The molecule has 2 aliphatic heterocycles. The Balaban J connectivity index is 1.65. The van der Waals surface area contributed by atoms with Crippen molar-refractivity contribution in [3.8, 4) is 0 Å². The minimum atomic E-state index is -4.45. The summed E-state index contributed by atoms with van der Waals surface area (Å²) in [6, 6.07) is 7.85. The number of nitrogens with zero attached hydrogens (tertiary/aromatic N) is 4. The first kappa shape index (κ1) is 20.0. The molecule has 5 rings (SSSR count). The van der Waals surface area contributed by atoms with E-state index in [1.165, 1.54) is 11.3 Å². The zero-order valence-corrected chi connectivity index (χ0v) is 19.4. The van der Waals surface area contributed by atoms with Gasteiger partial charge in [0.25, 0.3) is 10.1 Å². The summed E-state index contributed by atoms with van der Waals surface area (Å²) in [4.78, 5) is 6.59. The Morgan fingerprint density at radius 2 is 2.10 bits per heavy atom. The molecule has 1 aromatic heterocycles. The molecule has 10 heteroatoms. The third-order valence-electron chi connectivity index (χ3n) is 5.72. The van der Waals surface area contributed by atoms with E-state index in [0.717, 1.165) is 51.7 Å². The Kier molecular flexibility index (Phi) is 4.92. The van der Waals surface area contributed by atoms with Crippen LogP contribution in [0.3, 0.4) is 0 Å². The van der Waals surface area contributed by atoms with Crippen LogP contribution in [0.25, 0.3) is 10.2 Å². The summed E-state index contributed by atoms with van der Waals surface area (Å²) < 4.78 is 36.6. The van der Waals surface area contributed by atoms with Crippen LogP contribution in [-0.4, -0.2) is 30.5 Å². The lowest BCUT2D eigenvalue weighted by molar-refractivity contribution is 0.479. The first-order chi connectivity index (χ1) is 14.3. The van der Waals surface area contributed by atoms with Gasteiger partial charge in [-0.15, -0.1) is 10.2 Å². The normalized spacial score (nSPS) is 18.9. The van der Waals surface area contributed by atoms with Crippen LogP contribution in [0.4, 0.5) is 16.5 Å². The first-order valence-corrected chi connectivity index (χ1v) is 12.8. The van der Waals surface area contributed by atoms with Crippen LogP contribution in [0.2, 0.25) is 0 Å². The maximum atomic E-state index is 12.3. The van der Waals surface area contributed by atoms with Gasteiger partial charge < -0.3 is 4.90 Å². The van der Waals surface area contributed by atoms with E-state index in [1.807, 2.05) is 18.2 Å². The number of halogens is 1. The smallest absolute Gasteiger partial charge is 0.297 e. The molecule has 1 atom stereocenters. The fourth-order valence-corrected chi connectivity index (χ4v) is 6.64. The molecule has 2 aliphatic rings. The molecule has 156 valence electrons. The molecule has 2 aromatic carbocycles. The summed E-state index contributed by atoms with van der Waals surface area (Å²) in [7, 11) is -4.45. The topological polar surface area (TPSA) is 95.2 Å². The Labute approximate surface area is 186 Å². The maximum absolute atomic E-state index is 12.3. The minimum absolute atomic E-state index is 0.118. The number of thiazole rings is 1. The minimum Gasteiger partial charge on any atom is -0.368 e. The van der Waals surface area contributed by atoms with E-state index in [9.17, 15) is 13.0 Å². The van der Waals surface area contributed by atoms with Gasteiger partial charge >= 0.3 is 0 Å². The Bertz CT molecular complexity index is 1300. The number of rotatable bonds is 3. The Morgan fingerprint density at radius 3 is 2.90 bits per heavy atom. The summed E-state index contributed by atoms with van der Waals surface area (Å²) >= 11 is 4.81. The molecular weight excluding hydrogens is 488 g/mol. The Morgan fingerprint density at radius 1 is 1.27 bits per heavy atom.